The number of hydrogen-bond acceptors (Lipinski definition) is 4. The third-order valence-corrected chi connectivity index (χ3v) is 9.55. The van der Waals surface area contributed by atoms with E-state index in [0.717, 1.165) is 26.3 Å². The minimum atomic E-state index is -0.281. The smallest absolute Gasteiger partial charge is 0.123 e. The monoisotopic (exact) mass is 531 g/mol. The van der Waals surface area contributed by atoms with Crippen LogP contribution in [0.15, 0.2) is 87.6 Å². The molecule has 0 spiro atoms. The fourth-order valence-corrected chi connectivity index (χ4v) is 7.91. The van der Waals surface area contributed by atoms with Gasteiger partial charge in [-0.15, -0.1) is 35.3 Å². The molecule has 0 bridgehead atoms. The van der Waals surface area contributed by atoms with Gasteiger partial charge in [-0.05, 0) is 91.6 Å². The van der Waals surface area contributed by atoms with E-state index in [1.54, 1.807) is 71.7 Å². The Morgan fingerprint density at radius 1 is 0.714 bits per heavy atom. The van der Waals surface area contributed by atoms with Crippen LogP contribution >= 0.6 is 35.3 Å². The lowest BCUT2D eigenvalue weighted by Crippen LogP contribution is -2.12. The van der Waals surface area contributed by atoms with Crippen LogP contribution in [-0.2, 0) is 0 Å². The van der Waals surface area contributed by atoms with Crippen molar-refractivity contribution in [2.45, 2.75) is 52.9 Å². The average Bonchev–Trinajstić information content (AvgIpc) is 2.87. The van der Waals surface area contributed by atoms with E-state index in [4.69, 9.17) is 4.99 Å². The van der Waals surface area contributed by atoms with E-state index < -0.39 is 0 Å². The van der Waals surface area contributed by atoms with E-state index in [1.165, 1.54) is 68.5 Å². The molecule has 0 N–H and O–H groups in total. The molecule has 3 aromatic rings. The van der Waals surface area contributed by atoms with Crippen molar-refractivity contribution in [1.82, 2.24) is 0 Å². The lowest BCUT2D eigenvalue weighted by atomic mass is 9.91. The molecular formula is C28H28F3NS3. The zero-order valence-electron chi connectivity index (χ0n) is 19.3. The normalized spacial score (nSPS) is 15.0. The van der Waals surface area contributed by atoms with Gasteiger partial charge < -0.3 is 0 Å². The topological polar surface area (TPSA) is 12.4 Å². The van der Waals surface area contributed by atoms with Gasteiger partial charge in [0.05, 0.1) is 15.3 Å². The van der Waals surface area contributed by atoms with Gasteiger partial charge in [0.15, 0.2) is 0 Å². The van der Waals surface area contributed by atoms with Crippen molar-refractivity contribution in [2.75, 3.05) is 5.75 Å². The minimum absolute atomic E-state index is 0.0453. The first-order chi connectivity index (χ1) is 17.0. The predicted octanol–water partition coefficient (Wildman–Crippen LogP) is 9.75. The summed E-state index contributed by atoms with van der Waals surface area (Å²) >= 11 is 5.09. The molecule has 1 nitrogen and oxygen atoms in total. The van der Waals surface area contributed by atoms with E-state index in [-0.39, 0.29) is 22.0 Å². The van der Waals surface area contributed by atoms with Gasteiger partial charge in [0.25, 0.3) is 0 Å². The lowest BCUT2D eigenvalue weighted by molar-refractivity contribution is 0.391. The number of rotatable bonds is 9. The Balaban J connectivity index is 1.55. The van der Waals surface area contributed by atoms with Gasteiger partial charge in [0, 0.05) is 22.0 Å². The molecule has 0 unspecified atom stereocenters. The molecule has 0 radical (unpaired) electrons. The average molecular weight is 532 g/mol. The van der Waals surface area contributed by atoms with Gasteiger partial charge in [-0.3, -0.25) is 0 Å². The first kappa shape index (κ1) is 26.2. The van der Waals surface area contributed by atoms with Gasteiger partial charge in [0.2, 0.25) is 0 Å². The van der Waals surface area contributed by atoms with E-state index in [1.807, 2.05) is 0 Å². The third-order valence-electron chi connectivity index (χ3n) is 5.79. The van der Waals surface area contributed by atoms with Crippen molar-refractivity contribution >= 4 is 46.0 Å². The first-order valence-electron chi connectivity index (χ1n) is 11.8. The largest absolute Gasteiger partial charge is 0.247 e. The zero-order chi connectivity index (χ0) is 24.5. The maximum Gasteiger partial charge on any atom is 0.123 e. The van der Waals surface area contributed by atoms with Gasteiger partial charge in [-0.25, -0.2) is 18.2 Å². The van der Waals surface area contributed by atoms with Crippen LogP contribution in [-0.4, -0.2) is 15.4 Å². The van der Waals surface area contributed by atoms with Crippen molar-refractivity contribution in [3.05, 3.63) is 90.2 Å². The maximum absolute atomic E-state index is 13.5. The minimum Gasteiger partial charge on any atom is -0.247 e. The number of nitrogens with zero attached hydrogens (tertiary/aromatic N) is 1. The summed E-state index contributed by atoms with van der Waals surface area (Å²) in [6.45, 7) is 0. The summed E-state index contributed by atoms with van der Waals surface area (Å²) in [6.07, 6.45) is 7.10. The number of halogens is 3. The second kappa shape index (κ2) is 13.5. The molecule has 0 saturated heterocycles. The quantitative estimate of drug-likeness (QED) is 0.118. The molecule has 1 saturated carbocycles. The molecule has 1 aliphatic carbocycles. The van der Waals surface area contributed by atoms with Crippen molar-refractivity contribution < 1.29 is 13.2 Å². The molecule has 0 aromatic heterocycles. The second-order valence-corrected chi connectivity index (χ2v) is 12.5. The number of aliphatic imine (C=N–C) groups is 1. The van der Waals surface area contributed by atoms with Crippen LogP contribution in [0.25, 0.3) is 0 Å². The Morgan fingerprint density at radius 2 is 1.20 bits per heavy atom. The molecule has 0 amide bonds. The van der Waals surface area contributed by atoms with Gasteiger partial charge in [-0.2, -0.15) is 0 Å². The Labute approximate surface area is 218 Å². The summed E-state index contributed by atoms with van der Waals surface area (Å²) in [7, 11) is 0. The number of benzene rings is 3. The summed E-state index contributed by atoms with van der Waals surface area (Å²) in [5.74, 6) is 0.907. The van der Waals surface area contributed by atoms with Crippen LogP contribution in [0.1, 0.15) is 38.5 Å². The molecule has 0 aliphatic heterocycles. The van der Waals surface area contributed by atoms with E-state index in [0.29, 0.717) is 12.3 Å². The summed E-state index contributed by atoms with van der Waals surface area (Å²) in [5, 5.41) is 0.997. The molecule has 1 aliphatic rings. The van der Waals surface area contributed by atoms with E-state index >= 15 is 0 Å². The highest BCUT2D eigenvalue weighted by Gasteiger charge is 2.20. The molecular weight excluding hydrogens is 504 g/mol. The van der Waals surface area contributed by atoms with Crippen LogP contribution < -0.4 is 0 Å². The molecule has 4 rings (SSSR count). The summed E-state index contributed by atoms with van der Waals surface area (Å²) < 4.78 is 40.4. The Bertz CT molecular complexity index is 1030. The SMILES string of the molecule is Fc1ccc(N=C(CC(Sc2ccc(F)cc2)Sc2ccc(F)cc2)SCC2CCCCC2)cc1. The molecule has 184 valence electrons. The van der Waals surface area contributed by atoms with Crippen LogP contribution in [0.5, 0.6) is 0 Å². The molecule has 3 aromatic carbocycles. The Kier molecular flexibility index (Phi) is 10.1. The van der Waals surface area contributed by atoms with E-state index in [2.05, 4.69) is 0 Å². The highest BCUT2D eigenvalue weighted by atomic mass is 32.2. The van der Waals surface area contributed by atoms with Crippen LogP contribution in [0.4, 0.5) is 18.9 Å². The first-order valence-corrected chi connectivity index (χ1v) is 14.6. The lowest BCUT2D eigenvalue weighted by Gasteiger charge is -2.22. The molecule has 7 heteroatoms. The van der Waals surface area contributed by atoms with E-state index in [9.17, 15) is 13.2 Å². The van der Waals surface area contributed by atoms with Crippen LogP contribution in [0.2, 0.25) is 0 Å². The zero-order valence-corrected chi connectivity index (χ0v) is 21.8. The highest BCUT2D eigenvalue weighted by molar-refractivity contribution is 8.17. The highest BCUT2D eigenvalue weighted by Crippen LogP contribution is 2.40. The fourth-order valence-electron chi connectivity index (χ4n) is 3.94. The molecule has 35 heavy (non-hydrogen) atoms. The number of thioether (sulfide) groups is 3. The third kappa shape index (κ3) is 8.96. The van der Waals surface area contributed by atoms with Gasteiger partial charge in [0.1, 0.15) is 17.5 Å². The number of hydrogen-bond donors (Lipinski definition) is 0. The Morgan fingerprint density at radius 3 is 1.71 bits per heavy atom. The predicted molar refractivity (Wildman–Crippen MR) is 145 cm³/mol. The summed E-state index contributed by atoms with van der Waals surface area (Å²) in [6, 6.07) is 19.3. The van der Waals surface area contributed by atoms with Crippen molar-refractivity contribution in [2.24, 2.45) is 10.9 Å². The fraction of sp³-hybridized carbons (Fsp3) is 0.321. The maximum atomic E-state index is 13.5. The van der Waals surface area contributed by atoms with Gasteiger partial charge >= 0.3 is 0 Å². The van der Waals surface area contributed by atoms with Crippen LogP contribution in [0.3, 0.4) is 0 Å². The molecule has 1 fully saturated rings. The van der Waals surface area contributed by atoms with Crippen molar-refractivity contribution in [3.63, 3.8) is 0 Å². The molecule has 0 heterocycles. The summed E-state index contributed by atoms with van der Waals surface area (Å²) in [4.78, 5) is 6.83. The van der Waals surface area contributed by atoms with Crippen LogP contribution in [0, 0.1) is 23.4 Å². The van der Waals surface area contributed by atoms with Gasteiger partial charge in [-0.1, -0.05) is 19.3 Å². The second-order valence-electron chi connectivity index (χ2n) is 8.57. The van der Waals surface area contributed by atoms with Crippen molar-refractivity contribution in [1.29, 1.82) is 0 Å². The molecule has 0 atom stereocenters. The standard InChI is InChI=1S/C28H28F3NS3/c29-21-6-12-24(13-7-21)32-27(33-19-20-4-2-1-3-5-20)18-28(34-25-14-8-22(30)9-15-25)35-26-16-10-23(31)11-17-26/h6-17,20,28H,1-5,18-19H2. The summed E-state index contributed by atoms with van der Waals surface area (Å²) in [5.41, 5.74) is 0.731. The van der Waals surface area contributed by atoms with Crippen molar-refractivity contribution in [3.8, 4) is 0 Å². The Hall–Kier alpha value is -1.83.